The Morgan fingerprint density at radius 2 is 2.20 bits per heavy atom. The highest BCUT2D eigenvalue weighted by Gasteiger charge is 2.21. The first-order chi connectivity index (χ1) is 7.00. The molecule has 1 rings (SSSR count). The summed E-state index contributed by atoms with van der Waals surface area (Å²) in [6.07, 6.45) is 1.48. The summed E-state index contributed by atoms with van der Waals surface area (Å²) in [6.45, 7) is 1.26. The third kappa shape index (κ3) is 3.32. The molecule has 6 heteroatoms. The van der Waals surface area contributed by atoms with Gasteiger partial charge in [-0.1, -0.05) is 0 Å². The molecule has 0 aliphatic carbocycles. The average molecular weight is 273 g/mol. The number of rotatable bonds is 3. The van der Waals surface area contributed by atoms with Crippen molar-refractivity contribution in [1.82, 2.24) is 10.3 Å². The van der Waals surface area contributed by atoms with Gasteiger partial charge >= 0.3 is 5.97 Å². The number of carbonyl (C=O) groups is 2. The number of nitrogens with one attached hydrogen (secondary N) is 1. The zero-order valence-electron chi connectivity index (χ0n) is 7.90. The molecule has 0 aliphatic heterocycles. The fraction of sp³-hybridized carbons (Fsp3) is 0.222. The van der Waals surface area contributed by atoms with Gasteiger partial charge in [0.05, 0.1) is 5.69 Å². The van der Waals surface area contributed by atoms with Gasteiger partial charge in [0, 0.05) is 17.6 Å². The van der Waals surface area contributed by atoms with Crippen LogP contribution in [-0.4, -0.2) is 22.0 Å². The van der Waals surface area contributed by atoms with Crippen molar-refractivity contribution in [2.75, 3.05) is 0 Å². The van der Waals surface area contributed by atoms with Gasteiger partial charge in [-0.05, 0) is 28.1 Å². The van der Waals surface area contributed by atoms with Crippen LogP contribution in [0.2, 0.25) is 0 Å². The fourth-order valence-corrected chi connectivity index (χ4v) is 1.26. The second kappa shape index (κ2) is 4.88. The Labute approximate surface area is 94.6 Å². The van der Waals surface area contributed by atoms with Crippen LogP contribution in [0.25, 0.3) is 0 Å². The Kier molecular flexibility index (Phi) is 3.79. The standard InChI is InChI=1S/C9H9BrN2O3/c1-5(13)12-8(9(14)15)7-3-2-6(10)4-11-7/h2-4,8H,1H3,(H,12,13)(H,14,15). The molecular weight excluding hydrogens is 264 g/mol. The number of nitrogens with zero attached hydrogens (tertiary/aromatic N) is 1. The van der Waals surface area contributed by atoms with Crippen molar-refractivity contribution in [2.24, 2.45) is 0 Å². The molecule has 0 radical (unpaired) electrons. The van der Waals surface area contributed by atoms with Crippen LogP contribution in [-0.2, 0) is 9.59 Å². The Balaban J connectivity index is 2.94. The molecule has 2 N–H and O–H groups in total. The molecule has 1 unspecified atom stereocenters. The summed E-state index contributed by atoms with van der Waals surface area (Å²) in [5, 5.41) is 11.2. The average Bonchev–Trinajstić information content (AvgIpc) is 2.15. The third-order valence-electron chi connectivity index (χ3n) is 1.64. The Hall–Kier alpha value is -1.43. The van der Waals surface area contributed by atoms with Crippen LogP contribution >= 0.6 is 15.9 Å². The maximum atomic E-state index is 10.9. The molecule has 1 amide bonds. The number of pyridine rings is 1. The van der Waals surface area contributed by atoms with Crippen LogP contribution in [0, 0.1) is 0 Å². The first-order valence-electron chi connectivity index (χ1n) is 4.12. The van der Waals surface area contributed by atoms with Crippen LogP contribution < -0.4 is 5.32 Å². The van der Waals surface area contributed by atoms with Gasteiger partial charge in [-0.3, -0.25) is 9.78 Å². The summed E-state index contributed by atoms with van der Waals surface area (Å²) in [4.78, 5) is 25.6. The van der Waals surface area contributed by atoms with E-state index in [9.17, 15) is 9.59 Å². The number of carboxylic acid groups (broad SMARTS) is 1. The molecule has 0 spiro atoms. The number of aromatic nitrogens is 1. The molecule has 80 valence electrons. The largest absolute Gasteiger partial charge is 0.479 e. The topological polar surface area (TPSA) is 79.3 Å². The minimum Gasteiger partial charge on any atom is -0.479 e. The van der Waals surface area contributed by atoms with Gasteiger partial charge in [0.15, 0.2) is 6.04 Å². The van der Waals surface area contributed by atoms with Crippen LogP contribution in [0.4, 0.5) is 0 Å². The molecule has 1 aromatic rings. The monoisotopic (exact) mass is 272 g/mol. The molecule has 0 saturated carbocycles. The van der Waals surface area contributed by atoms with E-state index in [4.69, 9.17) is 5.11 Å². The highest BCUT2D eigenvalue weighted by atomic mass is 79.9. The quantitative estimate of drug-likeness (QED) is 0.864. The molecular formula is C9H9BrN2O3. The molecule has 1 heterocycles. The summed E-state index contributed by atoms with van der Waals surface area (Å²) < 4.78 is 0.748. The van der Waals surface area contributed by atoms with E-state index in [0.717, 1.165) is 4.47 Å². The van der Waals surface area contributed by atoms with Gasteiger partial charge in [0.2, 0.25) is 5.91 Å². The van der Waals surface area contributed by atoms with Crippen molar-refractivity contribution in [3.8, 4) is 0 Å². The zero-order valence-corrected chi connectivity index (χ0v) is 9.48. The van der Waals surface area contributed by atoms with Crippen molar-refractivity contribution in [3.05, 3.63) is 28.5 Å². The first kappa shape index (κ1) is 11.6. The number of amides is 1. The molecule has 0 bridgehead atoms. The normalized spacial score (nSPS) is 11.9. The van der Waals surface area contributed by atoms with Gasteiger partial charge in [-0.25, -0.2) is 4.79 Å². The van der Waals surface area contributed by atoms with Gasteiger partial charge < -0.3 is 10.4 Å². The van der Waals surface area contributed by atoms with Gasteiger partial charge in [0.25, 0.3) is 0 Å². The van der Waals surface area contributed by atoms with Gasteiger partial charge in [-0.2, -0.15) is 0 Å². The lowest BCUT2D eigenvalue weighted by Gasteiger charge is -2.12. The predicted octanol–water partition coefficient (Wildman–Crippen LogP) is 1.11. The van der Waals surface area contributed by atoms with E-state index in [1.807, 2.05) is 0 Å². The summed E-state index contributed by atoms with van der Waals surface area (Å²) in [5.74, 6) is -1.55. The van der Waals surface area contributed by atoms with Crippen LogP contribution in [0.15, 0.2) is 22.8 Å². The number of carboxylic acids is 1. The van der Waals surface area contributed by atoms with Crippen molar-refractivity contribution in [1.29, 1.82) is 0 Å². The van der Waals surface area contributed by atoms with E-state index < -0.39 is 17.9 Å². The summed E-state index contributed by atoms with van der Waals surface area (Å²) in [6, 6.07) is 2.11. The number of halogens is 1. The van der Waals surface area contributed by atoms with Crippen molar-refractivity contribution < 1.29 is 14.7 Å². The van der Waals surface area contributed by atoms with E-state index in [-0.39, 0.29) is 0 Å². The van der Waals surface area contributed by atoms with Crippen molar-refractivity contribution in [3.63, 3.8) is 0 Å². The first-order valence-corrected chi connectivity index (χ1v) is 4.91. The zero-order chi connectivity index (χ0) is 11.4. The van der Waals surface area contributed by atoms with Crippen LogP contribution in [0.1, 0.15) is 18.7 Å². The van der Waals surface area contributed by atoms with Crippen molar-refractivity contribution in [2.45, 2.75) is 13.0 Å². The lowest BCUT2D eigenvalue weighted by atomic mass is 10.2. The maximum absolute atomic E-state index is 10.9. The SMILES string of the molecule is CC(=O)NC(C(=O)O)c1ccc(Br)cn1. The molecule has 1 aromatic heterocycles. The molecule has 0 fully saturated rings. The molecule has 15 heavy (non-hydrogen) atoms. The van der Waals surface area contributed by atoms with E-state index >= 15 is 0 Å². The molecule has 1 atom stereocenters. The Morgan fingerprint density at radius 1 is 1.53 bits per heavy atom. The lowest BCUT2D eigenvalue weighted by Crippen LogP contribution is -2.32. The summed E-state index contributed by atoms with van der Waals surface area (Å²) >= 11 is 3.19. The highest BCUT2D eigenvalue weighted by molar-refractivity contribution is 9.10. The highest BCUT2D eigenvalue weighted by Crippen LogP contribution is 2.13. The molecule has 0 aromatic carbocycles. The van der Waals surface area contributed by atoms with E-state index in [0.29, 0.717) is 5.69 Å². The van der Waals surface area contributed by atoms with Crippen LogP contribution in [0.3, 0.4) is 0 Å². The number of aliphatic carboxylic acids is 1. The minimum absolute atomic E-state index is 0.293. The molecule has 0 aliphatic rings. The summed E-state index contributed by atoms with van der Waals surface area (Å²) in [7, 11) is 0. The molecule has 0 saturated heterocycles. The second-order valence-electron chi connectivity index (χ2n) is 2.87. The van der Waals surface area contributed by atoms with Crippen molar-refractivity contribution >= 4 is 27.8 Å². The third-order valence-corrected chi connectivity index (χ3v) is 2.11. The van der Waals surface area contributed by atoms with Crippen LogP contribution in [0.5, 0.6) is 0 Å². The van der Waals surface area contributed by atoms with E-state index in [2.05, 4.69) is 26.2 Å². The number of hydrogen-bond acceptors (Lipinski definition) is 3. The van der Waals surface area contributed by atoms with Gasteiger partial charge in [-0.15, -0.1) is 0 Å². The number of hydrogen-bond donors (Lipinski definition) is 2. The Bertz CT molecular complexity index is 377. The van der Waals surface area contributed by atoms with E-state index in [1.54, 1.807) is 12.1 Å². The minimum atomic E-state index is -1.14. The Morgan fingerprint density at radius 3 is 2.60 bits per heavy atom. The smallest absolute Gasteiger partial charge is 0.332 e. The lowest BCUT2D eigenvalue weighted by molar-refractivity contribution is -0.141. The molecule has 5 nitrogen and oxygen atoms in total. The fourth-order valence-electron chi connectivity index (χ4n) is 1.02. The van der Waals surface area contributed by atoms with E-state index in [1.165, 1.54) is 13.1 Å². The second-order valence-corrected chi connectivity index (χ2v) is 3.79. The van der Waals surface area contributed by atoms with Gasteiger partial charge in [0.1, 0.15) is 0 Å². The summed E-state index contributed by atoms with van der Waals surface area (Å²) in [5.41, 5.74) is 0.293. The maximum Gasteiger partial charge on any atom is 0.332 e. The predicted molar refractivity (Wildman–Crippen MR) is 56.1 cm³/mol. The number of carbonyl (C=O) groups excluding carboxylic acids is 1.